The highest BCUT2D eigenvalue weighted by Gasteiger charge is 2.36. The maximum atomic E-state index is 13.2. The average Bonchev–Trinajstić information content (AvgIpc) is 3.19. The first-order chi connectivity index (χ1) is 17.8. The smallest absolute Gasteiger partial charge is 0.353 e. The average molecular weight is 554 g/mol. The van der Waals surface area contributed by atoms with Gasteiger partial charge in [0.25, 0.3) is 17.7 Å². The standard InChI is InChI=1S/C24H23ClF3N5O5/c1-11-7-13(21(36)31-11)8-17(19(34)23(38)29-2)33-22(37)15-9-14(25)4-5-16(15)32-20(35)12-3-6-18(30-10-12)24(26,27)28/h3-6,9-11,13,17H,7-8H2,1-2H3,(H,29,38)(H,31,36)(H,32,35)(H,33,37)/t11-,13+,17?/m1/s1. The predicted octanol–water partition coefficient (Wildman–Crippen LogP) is 2.33. The lowest BCUT2D eigenvalue weighted by Gasteiger charge is -2.20. The zero-order valence-electron chi connectivity index (χ0n) is 20.1. The Hall–Kier alpha value is -4.00. The maximum Gasteiger partial charge on any atom is 0.433 e. The van der Waals surface area contributed by atoms with Gasteiger partial charge in [-0.05, 0) is 50.1 Å². The van der Waals surface area contributed by atoms with Gasteiger partial charge in [0.05, 0.1) is 22.9 Å². The van der Waals surface area contributed by atoms with Gasteiger partial charge in [-0.25, -0.2) is 0 Å². The van der Waals surface area contributed by atoms with Gasteiger partial charge >= 0.3 is 6.18 Å². The van der Waals surface area contributed by atoms with Crippen LogP contribution in [0.2, 0.25) is 5.02 Å². The van der Waals surface area contributed by atoms with Crippen molar-refractivity contribution in [3.63, 3.8) is 0 Å². The number of ketones is 1. The molecule has 0 bridgehead atoms. The Morgan fingerprint density at radius 1 is 1.16 bits per heavy atom. The first-order valence-electron chi connectivity index (χ1n) is 11.3. The van der Waals surface area contributed by atoms with E-state index in [4.69, 9.17) is 11.6 Å². The Labute approximate surface area is 219 Å². The summed E-state index contributed by atoms with van der Waals surface area (Å²) in [7, 11) is 1.24. The van der Waals surface area contributed by atoms with Crippen molar-refractivity contribution in [1.29, 1.82) is 0 Å². The number of aromatic nitrogens is 1. The number of hydrogen-bond acceptors (Lipinski definition) is 6. The van der Waals surface area contributed by atoms with Crippen molar-refractivity contribution in [1.82, 2.24) is 20.9 Å². The molecule has 0 saturated carbocycles. The van der Waals surface area contributed by atoms with E-state index in [1.807, 2.05) is 0 Å². The lowest BCUT2D eigenvalue weighted by atomic mass is 9.93. The molecule has 3 atom stereocenters. The van der Waals surface area contributed by atoms with Crippen LogP contribution in [0.4, 0.5) is 18.9 Å². The largest absolute Gasteiger partial charge is 0.433 e. The molecule has 1 fully saturated rings. The number of nitrogens with zero attached hydrogens (tertiary/aromatic N) is 1. The van der Waals surface area contributed by atoms with Gasteiger partial charge in [0.2, 0.25) is 11.7 Å². The number of carbonyl (C=O) groups is 5. The maximum absolute atomic E-state index is 13.2. The molecule has 1 aliphatic rings. The van der Waals surface area contributed by atoms with E-state index in [1.165, 1.54) is 25.2 Å². The highest BCUT2D eigenvalue weighted by atomic mass is 35.5. The molecule has 2 heterocycles. The lowest BCUT2D eigenvalue weighted by molar-refractivity contribution is -0.141. The van der Waals surface area contributed by atoms with E-state index in [0.717, 1.165) is 12.3 Å². The third-order valence-corrected chi connectivity index (χ3v) is 6.02. The van der Waals surface area contributed by atoms with Crippen molar-refractivity contribution in [2.24, 2.45) is 5.92 Å². The third kappa shape index (κ3) is 6.85. The molecule has 1 aliphatic heterocycles. The van der Waals surface area contributed by atoms with Gasteiger partial charge in [-0.2, -0.15) is 13.2 Å². The molecule has 1 saturated heterocycles. The van der Waals surface area contributed by atoms with Crippen LogP contribution in [-0.4, -0.2) is 53.5 Å². The zero-order valence-corrected chi connectivity index (χ0v) is 20.9. The molecule has 0 radical (unpaired) electrons. The van der Waals surface area contributed by atoms with Crippen molar-refractivity contribution in [2.75, 3.05) is 12.4 Å². The van der Waals surface area contributed by atoms with Gasteiger partial charge in [0, 0.05) is 30.2 Å². The van der Waals surface area contributed by atoms with Gasteiger partial charge in [-0.3, -0.25) is 29.0 Å². The van der Waals surface area contributed by atoms with Crippen LogP contribution in [0.25, 0.3) is 0 Å². The predicted molar refractivity (Wildman–Crippen MR) is 129 cm³/mol. The van der Waals surface area contributed by atoms with E-state index in [-0.39, 0.29) is 40.2 Å². The van der Waals surface area contributed by atoms with E-state index >= 15 is 0 Å². The monoisotopic (exact) mass is 553 g/mol. The molecule has 0 aliphatic carbocycles. The number of rotatable bonds is 8. The summed E-state index contributed by atoms with van der Waals surface area (Å²) in [5, 5.41) is 9.84. The molecule has 4 N–H and O–H groups in total. The lowest BCUT2D eigenvalue weighted by Crippen LogP contribution is -2.48. The zero-order chi connectivity index (χ0) is 28.2. The first-order valence-corrected chi connectivity index (χ1v) is 11.7. The van der Waals surface area contributed by atoms with E-state index < -0.39 is 47.3 Å². The highest BCUT2D eigenvalue weighted by molar-refractivity contribution is 6.38. The summed E-state index contributed by atoms with van der Waals surface area (Å²) < 4.78 is 38.3. The van der Waals surface area contributed by atoms with Crippen LogP contribution in [0, 0.1) is 5.92 Å². The minimum absolute atomic E-state index is 0.0739. The normalized spacial score (nSPS) is 17.8. The van der Waals surface area contributed by atoms with Gasteiger partial charge < -0.3 is 21.3 Å². The summed E-state index contributed by atoms with van der Waals surface area (Å²) in [6.07, 6.45) is -3.70. The number of likely N-dealkylation sites (N-methyl/N-ethyl adjacent to an activating group) is 1. The molecule has 202 valence electrons. The third-order valence-electron chi connectivity index (χ3n) is 5.78. The molecule has 4 amide bonds. The van der Waals surface area contributed by atoms with E-state index in [0.29, 0.717) is 12.5 Å². The highest BCUT2D eigenvalue weighted by Crippen LogP contribution is 2.28. The Morgan fingerprint density at radius 3 is 2.42 bits per heavy atom. The Kier molecular flexibility index (Phi) is 8.71. The second-order valence-electron chi connectivity index (χ2n) is 8.62. The number of carbonyl (C=O) groups excluding carboxylic acids is 5. The second-order valence-corrected chi connectivity index (χ2v) is 9.06. The number of hydrogen-bond donors (Lipinski definition) is 4. The summed E-state index contributed by atoms with van der Waals surface area (Å²) in [6, 6.07) is 3.89. The number of amides is 4. The summed E-state index contributed by atoms with van der Waals surface area (Å²) in [6.45, 7) is 1.78. The number of anilines is 1. The van der Waals surface area contributed by atoms with Gasteiger partial charge in [0.1, 0.15) is 5.69 Å². The Balaban J connectivity index is 1.84. The SMILES string of the molecule is CNC(=O)C(=O)C(C[C@@H]1C[C@@H](C)NC1=O)NC(=O)c1cc(Cl)ccc1NC(=O)c1ccc(C(F)(F)F)nc1. The quantitative estimate of drug-likeness (QED) is 0.369. The van der Waals surface area contributed by atoms with Crippen LogP contribution < -0.4 is 21.3 Å². The fourth-order valence-corrected chi connectivity index (χ4v) is 4.07. The second kappa shape index (κ2) is 11.6. The molecular formula is C24H23ClF3N5O5. The van der Waals surface area contributed by atoms with Gasteiger partial charge in [0.15, 0.2) is 0 Å². The number of pyridine rings is 1. The van der Waals surface area contributed by atoms with Gasteiger partial charge in [-0.15, -0.1) is 0 Å². The van der Waals surface area contributed by atoms with E-state index in [9.17, 15) is 37.1 Å². The van der Waals surface area contributed by atoms with Crippen LogP contribution in [-0.2, 0) is 20.6 Å². The minimum Gasteiger partial charge on any atom is -0.353 e. The molecule has 3 rings (SSSR count). The molecule has 38 heavy (non-hydrogen) atoms. The van der Waals surface area contributed by atoms with Crippen molar-refractivity contribution < 1.29 is 37.1 Å². The molecule has 1 unspecified atom stereocenters. The molecule has 1 aromatic carbocycles. The van der Waals surface area contributed by atoms with Crippen LogP contribution in [0.1, 0.15) is 46.2 Å². The van der Waals surface area contributed by atoms with Crippen LogP contribution in [0.3, 0.4) is 0 Å². The number of alkyl halides is 3. The van der Waals surface area contributed by atoms with Crippen molar-refractivity contribution >= 4 is 46.7 Å². The van der Waals surface area contributed by atoms with E-state index in [1.54, 1.807) is 6.92 Å². The Bertz CT molecular complexity index is 1270. The van der Waals surface area contributed by atoms with Crippen molar-refractivity contribution in [3.8, 4) is 0 Å². The summed E-state index contributed by atoms with van der Waals surface area (Å²) in [5.41, 5.74) is -1.66. The van der Waals surface area contributed by atoms with Crippen molar-refractivity contribution in [3.05, 3.63) is 58.4 Å². The molecule has 2 aromatic rings. The Morgan fingerprint density at radius 2 is 1.87 bits per heavy atom. The molecule has 10 nitrogen and oxygen atoms in total. The number of halogens is 4. The summed E-state index contributed by atoms with van der Waals surface area (Å²) in [5.74, 6) is -4.65. The fraction of sp³-hybridized carbons (Fsp3) is 0.333. The van der Waals surface area contributed by atoms with Gasteiger partial charge in [-0.1, -0.05) is 11.6 Å². The van der Waals surface area contributed by atoms with Crippen LogP contribution in [0.15, 0.2) is 36.5 Å². The number of benzene rings is 1. The molecular weight excluding hydrogens is 531 g/mol. The van der Waals surface area contributed by atoms with Crippen LogP contribution in [0.5, 0.6) is 0 Å². The minimum atomic E-state index is -4.68. The summed E-state index contributed by atoms with van der Waals surface area (Å²) in [4.78, 5) is 66.0. The summed E-state index contributed by atoms with van der Waals surface area (Å²) >= 11 is 6.03. The molecule has 1 aromatic heterocycles. The topological polar surface area (TPSA) is 146 Å². The fourth-order valence-electron chi connectivity index (χ4n) is 3.89. The number of nitrogens with one attached hydrogen (secondary N) is 4. The number of Topliss-reactive ketones (excluding diaryl/α,β-unsaturated/α-hetero) is 1. The molecule has 14 heteroatoms. The van der Waals surface area contributed by atoms with Crippen molar-refractivity contribution in [2.45, 2.75) is 38.0 Å². The first kappa shape index (κ1) is 28.6. The van der Waals surface area contributed by atoms with Crippen LogP contribution >= 0.6 is 11.6 Å². The van der Waals surface area contributed by atoms with E-state index in [2.05, 4.69) is 26.3 Å². The molecule has 0 spiro atoms.